The average molecular weight is 268 g/mol. The molecule has 106 valence electrons. The number of aliphatic carboxylic acids is 1. The van der Waals surface area contributed by atoms with Gasteiger partial charge in [-0.2, -0.15) is 4.98 Å². The maximum Gasteiger partial charge on any atom is 0.307 e. The van der Waals surface area contributed by atoms with Gasteiger partial charge in [-0.15, -0.1) is 0 Å². The molecule has 19 heavy (non-hydrogen) atoms. The summed E-state index contributed by atoms with van der Waals surface area (Å²) in [6, 6.07) is 0. The minimum atomic E-state index is -0.818. The molecule has 1 aromatic rings. The van der Waals surface area contributed by atoms with E-state index in [1.165, 1.54) is 0 Å². The molecule has 3 unspecified atom stereocenters. The van der Waals surface area contributed by atoms with Crippen LogP contribution in [0.1, 0.15) is 51.4 Å². The Morgan fingerprint density at radius 2 is 2.11 bits per heavy atom. The Morgan fingerprint density at radius 3 is 2.53 bits per heavy atom. The second-order valence-electron chi connectivity index (χ2n) is 6.01. The van der Waals surface area contributed by atoms with Crippen molar-refractivity contribution in [1.29, 1.82) is 0 Å². The summed E-state index contributed by atoms with van der Waals surface area (Å²) in [6.07, 6.45) is -0.234. The normalized spacial score (nSPS) is 26.4. The number of hydrogen-bond acceptors (Lipinski definition) is 5. The van der Waals surface area contributed by atoms with Crippen LogP contribution in [0.5, 0.6) is 0 Å². The molecule has 1 N–H and O–H groups in total. The maximum atomic E-state index is 11.2. The highest BCUT2D eigenvalue weighted by molar-refractivity contribution is 5.77. The van der Waals surface area contributed by atoms with E-state index < -0.39 is 11.9 Å². The highest BCUT2D eigenvalue weighted by Gasteiger charge is 2.65. The van der Waals surface area contributed by atoms with Crippen molar-refractivity contribution in [3.05, 3.63) is 11.7 Å². The first-order chi connectivity index (χ1) is 8.80. The predicted molar refractivity (Wildman–Crippen MR) is 66.5 cm³/mol. The number of methoxy groups -OCH3 is 1. The van der Waals surface area contributed by atoms with Crippen molar-refractivity contribution < 1.29 is 19.2 Å². The summed E-state index contributed by atoms with van der Waals surface area (Å²) in [5.74, 6) is -0.383. The fraction of sp³-hybridized carbons (Fsp3) is 0.769. The van der Waals surface area contributed by atoms with Gasteiger partial charge in [0.05, 0.1) is 11.8 Å². The lowest BCUT2D eigenvalue weighted by molar-refractivity contribution is -0.139. The molecule has 0 saturated heterocycles. The van der Waals surface area contributed by atoms with E-state index in [9.17, 15) is 4.79 Å². The molecule has 3 atom stereocenters. The standard InChI is InChI=1S/C13H20N2O4/c1-6(2)9(18-5)10-14-11(19-15-10)7-8(12(16)17)13(7,3)4/h6-9H,1-5H3,(H,16,17). The Kier molecular flexibility index (Phi) is 3.38. The quantitative estimate of drug-likeness (QED) is 0.881. The van der Waals surface area contributed by atoms with Crippen molar-refractivity contribution in [3.8, 4) is 0 Å². The van der Waals surface area contributed by atoms with Crippen LogP contribution in [0.3, 0.4) is 0 Å². The van der Waals surface area contributed by atoms with Crippen molar-refractivity contribution >= 4 is 5.97 Å². The van der Waals surface area contributed by atoms with Crippen molar-refractivity contribution in [3.63, 3.8) is 0 Å². The van der Waals surface area contributed by atoms with Crippen LogP contribution in [0.25, 0.3) is 0 Å². The topological polar surface area (TPSA) is 85.5 Å². The first-order valence-corrected chi connectivity index (χ1v) is 6.39. The Bertz CT molecular complexity index is 481. The third-order valence-electron chi connectivity index (χ3n) is 3.93. The van der Waals surface area contributed by atoms with Crippen LogP contribution in [0.15, 0.2) is 4.52 Å². The molecule has 6 nitrogen and oxygen atoms in total. The summed E-state index contributed by atoms with van der Waals surface area (Å²) in [6.45, 7) is 7.81. The molecule has 1 aromatic heterocycles. The second-order valence-corrected chi connectivity index (χ2v) is 6.01. The SMILES string of the molecule is COC(c1noc(C2C(C(=O)O)C2(C)C)n1)C(C)C. The van der Waals surface area contributed by atoms with Crippen LogP contribution >= 0.6 is 0 Å². The van der Waals surface area contributed by atoms with E-state index in [4.69, 9.17) is 14.4 Å². The molecular weight excluding hydrogens is 248 g/mol. The average Bonchev–Trinajstić information content (AvgIpc) is 2.68. The van der Waals surface area contributed by atoms with Crippen LogP contribution < -0.4 is 0 Å². The summed E-state index contributed by atoms with van der Waals surface area (Å²) in [7, 11) is 1.60. The largest absolute Gasteiger partial charge is 0.481 e. The van der Waals surface area contributed by atoms with Crippen molar-refractivity contribution in [2.45, 2.75) is 39.7 Å². The third-order valence-corrected chi connectivity index (χ3v) is 3.93. The molecule has 1 saturated carbocycles. The van der Waals surface area contributed by atoms with Crippen molar-refractivity contribution in [2.24, 2.45) is 17.3 Å². The first-order valence-electron chi connectivity index (χ1n) is 6.39. The van der Waals surface area contributed by atoms with E-state index in [-0.39, 0.29) is 23.4 Å². The number of carbonyl (C=O) groups is 1. The second kappa shape index (κ2) is 4.59. The molecule has 1 heterocycles. The smallest absolute Gasteiger partial charge is 0.307 e. The van der Waals surface area contributed by atoms with Gasteiger partial charge in [0.15, 0.2) is 0 Å². The molecule has 0 radical (unpaired) electrons. The molecule has 6 heteroatoms. The van der Waals surface area contributed by atoms with Crippen LogP contribution in [-0.4, -0.2) is 28.3 Å². The molecule has 0 amide bonds. The highest BCUT2D eigenvalue weighted by Crippen LogP contribution is 2.64. The maximum absolute atomic E-state index is 11.2. The predicted octanol–water partition coefficient (Wildman–Crippen LogP) is 2.24. The van der Waals surface area contributed by atoms with Gasteiger partial charge in [0, 0.05) is 7.11 Å². The number of rotatable bonds is 5. The van der Waals surface area contributed by atoms with Gasteiger partial charge in [0.1, 0.15) is 6.10 Å². The Balaban J connectivity index is 2.21. The number of carboxylic acid groups (broad SMARTS) is 1. The van der Waals surface area contributed by atoms with Crippen LogP contribution in [0.2, 0.25) is 0 Å². The number of ether oxygens (including phenoxy) is 1. The lowest BCUT2D eigenvalue weighted by Gasteiger charge is -2.14. The lowest BCUT2D eigenvalue weighted by atomic mass is 10.1. The summed E-state index contributed by atoms with van der Waals surface area (Å²) in [4.78, 5) is 15.5. The van der Waals surface area contributed by atoms with Gasteiger partial charge in [0.2, 0.25) is 11.7 Å². The van der Waals surface area contributed by atoms with Crippen LogP contribution in [0.4, 0.5) is 0 Å². The summed E-state index contributed by atoms with van der Waals surface area (Å²) >= 11 is 0. The molecule has 0 spiro atoms. The van der Waals surface area contributed by atoms with Gasteiger partial charge >= 0.3 is 5.97 Å². The molecule has 2 rings (SSSR count). The molecule has 0 bridgehead atoms. The molecule has 1 fully saturated rings. The number of hydrogen-bond donors (Lipinski definition) is 1. The number of aromatic nitrogens is 2. The summed E-state index contributed by atoms with van der Waals surface area (Å²) in [5.41, 5.74) is -0.337. The fourth-order valence-corrected chi connectivity index (χ4v) is 2.72. The van der Waals surface area contributed by atoms with Crippen LogP contribution in [0, 0.1) is 17.3 Å². The van der Waals surface area contributed by atoms with E-state index in [1.807, 2.05) is 27.7 Å². The lowest BCUT2D eigenvalue weighted by Crippen LogP contribution is -2.10. The monoisotopic (exact) mass is 268 g/mol. The Morgan fingerprint density at radius 1 is 1.47 bits per heavy atom. The van der Waals surface area contributed by atoms with Gasteiger partial charge < -0.3 is 14.4 Å². The first kappa shape index (κ1) is 14.0. The van der Waals surface area contributed by atoms with Gasteiger partial charge in [-0.05, 0) is 11.3 Å². The molecule has 1 aliphatic rings. The molecular formula is C13H20N2O4. The van der Waals surface area contributed by atoms with Crippen molar-refractivity contribution in [1.82, 2.24) is 10.1 Å². The Labute approximate surface area is 112 Å². The van der Waals surface area contributed by atoms with Gasteiger partial charge in [-0.3, -0.25) is 4.79 Å². The third kappa shape index (κ3) is 2.25. The minimum Gasteiger partial charge on any atom is -0.481 e. The summed E-state index contributed by atoms with van der Waals surface area (Å²) < 4.78 is 10.6. The number of nitrogens with zero attached hydrogens (tertiary/aromatic N) is 2. The zero-order valence-electron chi connectivity index (χ0n) is 11.9. The molecule has 0 aromatic carbocycles. The van der Waals surface area contributed by atoms with E-state index in [0.29, 0.717) is 11.7 Å². The van der Waals surface area contributed by atoms with Gasteiger partial charge in [-0.25, -0.2) is 0 Å². The highest BCUT2D eigenvalue weighted by atomic mass is 16.5. The molecule has 0 aliphatic heterocycles. The fourth-order valence-electron chi connectivity index (χ4n) is 2.72. The Hall–Kier alpha value is -1.43. The van der Waals surface area contributed by atoms with Gasteiger partial charge in [0.25, 0.3) is 0 Å². The molecule has 1 aliphatic carbocycles. The van der Waals surface area contributed by atoms with E-state index in [1.54, 1.807) is 7.11 Å². The van der Waals surface area contributed by atoms with Crippen LogP contribution in [-0.2, 0) is 9.53 Å². The zero-order chi connectivity index (χ0) is 14.4. The van der Waals surface area contributed by atoms with E-state index in [0.717, 1.165) is 0 Å². The van der Waals surface area contributed by atoms with E-state index in [2.05, 4.69) is 10.1 Å². The van der Waals surface area contributed by atoms with Gasteiger partial charge in [-0.1, -0.05) is 32.9 Å². The summed E-state index contributed by atoms with van der Waals surface area (Å²) in [5, 5.41) is 13.1. The zero-order valence-corrected chi connectivity index (χ0v) is 11.9. The van der Waals surface area contributed by atoms with E-state index >= 15 is 0 Å². The van der Waals surface area contributed by atoms with Crippen molar-refractivity contribution in [2.75, 3.05) is 7.11 Å². The minimum absolute atomic E-state index is 0.212. The number of carboxylic acids is 1.